The summed E-state index contributed by atoms with van der Waals surface area (Å²) in [5.74, 6) is -0.553. The normalized spacial score (nSPS) is 12.0. The molecule has 0 aliphatic rings. The van der Waals surface area contributed by atoms with Gasteiger partial charge in [0.1, 0.15) is 24.7 Å². The Morgan fingerprint density at radius 2 is 1.13 bits per heavy atom. The number of hydrogen-bond donors (Lipinski definition) is 0. The zero-order valence-electron chi connectivity index (χ0n) is 15.7. The van der Waals surface area contributed by atoms with Crippen molar-refractivity contribution < 1.29 is 35.8 Å². The Kier molecular flexibility index (Phi) is 7.03. The molecule has 2 nitrogen and oxygen atoms in total. The standard InChI is InChI=1S/C22H15F6IO2/c23-21(24,25)16-5-1-3-7-19(16)30-12-14-9-10-15(18(29)11-14)13-31-20-8-4-2-6-17(20)22(26,27)28/h1-11H,12-13H2. The monoisotopic (exact) mass is 552 g/mol. The number of ether oxygens (including phenoxy) is 2. The van der Waals surface area contributed by atoms with Gasteiger partial charge in [-0.05, 0) is 58.5 Å². The average Bonchev–Trinajstić information content (AvgIpc) is 2.70. The second-order valence-electron chi connectivity index (χ2n) is 6.49. The van der Waals surface area contributed by atoms with Crippen molar-refractivity contribution in [3.63, 3.8) is 0 Å². The van der Waals surface area contributed by atoms with Crippen LogP contribution in [0.1, 0.15) is 22.3 Å². The van der Waals surface area contributed by atoms with Crippen LogP contribution in [0, 0.1) is 3.57 Å². The molecule has 0 saturated carbocycles. The summed E-state index contributed by atoms with van der Waals surface area (Å²) in [6, 6.07) is 14.8. The van der Waals surface area contributed by atoms with Crippen LogP contribution in [-0.2, 0) is 25.6 Å². The van der Waals surface area contributed by atoms with E-state index >= 15 is 0 Å². The van der Waals surface area contributed by atoms with Gasteiger partial charge >= 0.3 is 12.4 Å². The minimum Gasteiger partial charge on any atom is -0.488 e. The molecular formula is C22H15F6IO2. The Balaban J connectivity index is 1.68. The molecular weight excluding hydrogens is 537 g/mol. The van der Waals surface area contributed by atoms with E-state index in [1.807, 2.05) is 22.6 Å². The quantitative estimate of drug-likeness (QED) is 0.233. The molecule has 0 atom stereocenters. The van der Waals surface area contributed by atoms with E-state index in [0.29, 0.717) is 14.7 Å². The van der Waals surface area contributed by atoms with Crippen molar-refractivity contribution >= 4 is 22.6 Å². The van der Waals surface area contributed by atoms with Gasteiger partial charge in [0.05, 0.1) is 11.1 Å². The Morgan fingerprint density at radius 3 is 1.61 bits per heavy atom. The van der Waals surface area contributed by atoms with Gasteiger partial charge in [-0.25, -0.2) is 0 Å². The molecule has 31 heavy (non-hydrogen) atoms. The minimum absolute atomic E-state index is 0.0938. The lowest BCUT2D eigenvalue weighted by atomic mass is 10.1. The van der Waals surface area contributed by atoms with Crippen LogP contribution in [-0.4, -0.2) is 0 Å². The summed E-state index contributed by atoms with van der Waals surface area (Å²) in [5, 5.41) is 0. The zero-order chi connectivity index (χ0) is 22.6. The molecule has 0 spiro atoms. The predicted molar refractivity (Wildman–Crippen MR) is 111 cm³/mol. The fourth-order valence-electron chi connectivity index (χ4n) is 2.77. The minimum atomic E-state index is -4.53. The largest absolute Gasteiger partial charge is 0.488 e. The molecule has 0 amide bonds. The summed E-state index contributed by atoms with van der Waals surface area (Å²) in [4.78, 5) is 0. The van der Waals surface area contributed by atoms with Crippen LogP contribution in [0.15, 0.2) is 66.7 Å². The summed E-state index contributed by atoms with van der Waals surface area (Å²) < 4.78 is 89.8. The second-order valence-corrected chi connectivity index (χ2v) is 7.65. The van der Waals surface area contributed by atoms with E-state index in [0.717, 1.165) is 12.1 Å². The van der Waals surface area contributed by atoms with Crippen LogP contribution >= 0.6 is 22.6 Å². The third-order valence-corrected chi connectivity index (χ3v) is 5.28. The Labute approximate surface area is 187 Å². The highest BCUT2D eigenvalue weighted by Crippen LogP contribution is 2.37. The molecule has 0 aromatic heterocycles. The number of para-hydroxylation sites is 2. The van der Waals surface area contributed by atoms with Crippen molar-refractivity contribution in [3.8, 4) is 11.5 Å². The van der Waals surface area contributed by atoms with Gasteiger partial charge in [-0.1, -0.05) is 36.4 Å². The molecule has 0 N–H and O–H groups in total. The van der Waals surface area contributed by atoms with Gasteiger partial charge < -0.3 is 9.47 Å². The van der Waals surface area contributed by atoms with E-state index in [4.69, 9.17) is 9.47 Å². The molecule has 0 bridgehead atoms. The predicted octanol–water partition coefficient (Wildman–Crippen LogP) is 7.49. The summed E-state index contributed by atoms with van der Waals surface area (Å²) in [6.07, 6.45) is -9.06. The van der Waals surface area contributed by atoms with E-state index in [1.54, 1.807) is 18.2 Å². The van der Waals surface area contributed by atoms with Crippen LogP contribution in [0.4, 0.5) is 26.3 Å². The first-order valence-corrected chi connectivity index (χ1v) is 9.99. The van der Waals surface area contributed by atoms with E-state index in [9.17, 15) is 26.3 Å². The van der Waals surface area contributed by atoms with Gasteiger partial charge in [0.15, 0.2) is 0 Å². The van der Waals surface area contributed by atoms with E-state index < -0.39 is 23.5 Å². The molecule has 0 radical (unpaired) electrons. The SMILES string of the molecule is FC(F)(F)c1ccccc1OCc1ccc(COc2ccccc2C(F)(F)F)c(I)c1. The molecule has 9 heteroatoms. The van der Waals surface area contributed by atoms with Crippen molar-refractivity contribution in [3.05, 3.63) is 92.6 Å². The summed E-state index contributed by atoms with van der Waals surface area (Å²) in [5.41, 5.74) is -0.478. The third kappa shape index (κ3) is 6.05. The number of rotatable bonds is 6. The summed E-state index contributed by atoms with van der Waals surface area (Å²) in [6.45, 7) is -0.190. The van der Waals surface area contributed by atoms with Crippen LogP contribution in [0.3, 0.4) is 0 Å². The van der Waals surface area contributed by atoms with Gasteiger partial charge in [-0.2, -0.15) is 26.3 Å². The second kappa shape index (κ2) is 9.37. The Bertz CT molecular complexity index is 1050. The highest BCUT2D eigenvalue weighted by Gasteiger charge is 2.34. The molecule has 0 aliphatic carbocycles. The van der Waals surface area contributed by atoms with Crippen LogP contribution < -0.4 is 9.47 Å². The molecule has 3 aromatic rings. The van der Waals surface area contributed by atoms with E-state index in [2.05, 4.69) is 0 Å². The lowest BCUT2D eigenvalue weighted by Crippen LogP contribution is -2.09. The molecule has 164 valence electrons. The first-order chi connectivity index (χ1) is 14.6. The molecule has 0 fully saturated rings. The van der Waals surface area contributed by atoms with Gasteiger partial charge in [-0.3, -0.25) is 0 Å². The van der Waals surface area contributed by atoms with Crippen molar-refractivity contribution in [2.24, 2.45) is 0 Å². The Hall–Kier alpha value is -2.43. The van der Waals surface area contributed by atoms with Gasteiger partial charge in [-0.15, -0.1) is 0 Å². The molecule has 0 saturated heterocycles. The van der Waals surface area contributed by atoms with E-state index in [1.165, 1.54) is 36.4 Å². The first-order valence-electron chi connectivity index (χ1n) is 8.91. The third-order valence-electron chi connectivity index (χ3n) is 4.28. The maximum atomic E-state index is 13.1. The lowest BCUT2D eigenvalue weighted by Gasteiger charge is -2.15. The van der Waals surface area contributed by atoms with Crippen LogP contribution in [0.25, 0.3) is 0 Å². The zero-order valence-corrected chi connectivity index (χ0v) is 17.9. The number of hydrogen-bond acceptors (Lipinski definition) is 2. The summed E-state index contributed by atoms with van der Waals surface area (Å²) >= 11 is 1.99. The van der Waals surface area contributed by atoms with Gasteiger partial charge in [0, 0.05) is 9.13 Å². The molecule has 3 rings (SSSR count). The number of benzene rings is 3. The first kappa shape index (κ1) is 23.2. The lowest BCUT2D eigenvalue weighted by molar-refractivity contribution is -0.139. The maximum Gasteiger partial charge on any atom is 0.419 e. The van der Waals surface area contributed by atoms with Crippen molar-refractivity contribution in [1.29, 1.82) is 0 Å². The van der Waals surface area contributed by atoms with Crippen LogP contribution in [0.2, 0.25) is 0 Å². The van der Waals surface area contributed by atoms with Crippen molar-refractivity contribution in [2.45, 2.75) is 25.6 Å². The smallest absolute Gasteiger partial charge is 0.419 e. The molecule has 0 heterocycles. The maximum absolute atomic E-state index is 13.1. The fraction of sp³-hybridized carbons (Fsp3) is 0.182. The fourth-order valence-corrected chi connectivity index (χ4v) is 3.50. The topological polar surface area (TPSA) is 18.5 Å². The van der Waals surface area contributed by atoms with Crippen LogP contribution in [0.5, 0.6) is 11.5 Å². The van der Waals surface area contributed by atoms with E-state index in [-0.39, 0.29) is 24.7 Å². The summed E-state index contributed by atoms with van der Waals surface area (Å²) in [7, 11) is 0. The highest BCUT2D eigenvalue weighted by molar-refractivity contribution is 14.1. The molecule has 3 aromatic carbocycles. The number of alkyl halides is 6. The highest BCUT2D eigenvalue weighted by atomic mass is 127. The van der Waals surface area contributed by atoms with Gasteiger partial charge in [0.2, 0.25) is 0 Å². The van der Waals surface area contributed by atoms with Crippen molar-refractivity contribution in [1.82, 2.24) is 0 Å². The molecule has 0 unspecified atom stereocenters. The number of halogens is 7. The van der Waals surface area contributed by atoms with Crippen molar-refractivity contribution in [2.75, 3.05) is 0 Å². The average molecular weight is 552 g/mol. The Morgan fingerprint density at radius 1 is 0.645 bits per heavy atom. The molecule has 0 aliphatic heterocycles. The van der Waals surface area contributed by atoms with Gasteiger partial charge in [0.25, 0.3) is 0 Å².